The monoisotopic (exact) mass is 216 g/mol. The van der Waals surface area contributed by atoms with Crippen LogP contribution in [0.3, 0.4) is 0 Å². The van der Waals surface area contributed by atoms with Gasteiger partial charge in [0.15, 0.2) is 0 Å². The standard InChI is InChI=1S/C10H20N2OS/c1-8(6-7-14-3)12(2)10(13)11-9-4-5-9/h8-9H,4-7H2,1-3H3,(H,11,13). The van der Waals surface area contributed by atoms with Crippen molar-refractivity contribution in [2.24, 2.45) is 0 Å². The predicted molar refractivity (Wildman–Crippen MR) is 61.8 cm³/mol. The fourth-order valence-corrected chi connectivity index (χ4v) is 1.76. The van der Waals surface area contributed by atoms with E-state index in [2.05, 4.69) is 18.5 Å². The van der Waals surface area contributed by atoms with Crippen LogP contribution in [0, 0.1) is 0 Å². The molecule has 0 spiro atoms. The fourth-order valence-electron chi connectivity index (χ4n) is 1.19. The first-order valence-corrected chi connectivity index (χ1v) is 6.56. The minimum Gasteiger partial charge on any atom is -0.335 e. The molecule has 2 amide bonds. The molecule has 1 unspecified atom stereocenters. The van der Waals surface area contributed by atoms with Gasteiger partial charge in [-0.1, -0.05) is 0 Å². The lowest BCUT2D eigenvalue weighted by Crippen LogP contribution is -2.43. The van der Waals surface area contributed by atoms with E-state index in [1.807, 2.05) is 23.7 Å². The molecule has 1 aliphatic carbocycles. The Morgan fingerprint density at radius 1 is 1.64 bits per heavy atom. The molecule has 1 fully saturated rings. The van der Waals surface area contributed by atoms with Crippen LogP contribution < -0.4 is 5.32 Å². The van der Waals surface area contributed by atoms with E-state index < -0.39 is 0 Å². The summed E-state index contributed by atoms with van der Waals surface area (Å²) in [5, 5.41) is 2.99. The van der Waals surface area contributed by atoms with E-state index in [1.165, 1.54) is 0 Å². The molecule has 0 aromatic carbocycles. The van der Waals surface area contributed by atoms with Crippen LogP contribution in [0.25, 0.3) is 0 Å². The van der Waals surface area contributed by atoms with Gasteiger partial charge in [0.1, 0.15) is 0 Å². The molecule has 1 N–H and O–H groups in total. The van der Waals surface area contributed by atoms with Crippen molar-refractivity contribution in [1.82, 2.24) is 10.2 Å². The van der Waals surface area contributed by atoms with Gasteiger partial charge in [-0.15, -0.1) is 0 Å². The summed E-state index contributed by atoms with van der Waals surface area (Å²) in [5.41, 5.74) is 0. The van der Waals surface area contributed by atoms with Crippen molar-refractivity contribution in [3.63, 3.8) is 0 Å². The highest BCUT2D eigenvalue weighted by molar-refractivity contribution is 7.98. The van der Waals surface area contributed by atoms with Gasteiger partial charge in [-0.2, -0.15) is 11.8 Å². The maximum Gasteiger partial charge on any atom is 0.317 e. The van der Waals surface area contributed by atoms with Gasteiger partial charge in [0.2, 0.25) is 0 Å². The number of thioether (sulfide) groups is 1. The number of carbonyl (C=O) groups excluding carboxylic acids is 1. The molecule has 0 saturated heterocycles. The smallest absolute Gasteiger partial charge is 0.317 e. The molecule has 1 saturated carbocycles. The third-order valence-corrected chi connectivity index (χ3v) is 3.27. The first-order valence-electron chi connectivity index (χ1n) is 5.17. The molecule has 0 aromatic rings. The van der Waals surface area contributed by atoms with Crippen LogP contribution in [-0.2, 0) is 0 Å². The molecule has 0 heterocycles. The largest absolute Gasteiger partial charge is 0.335 e. The summed E-state index contributed by atoms with van der Waals surface area (Å²) in [6, 6.07) is 0.875. The highest BCUT2D eigenvalue weighted by Crippen LogP contribution is 2.19. The molecular weight excluding hydrogens is 196 g/mol. The quantitative estimate of drug-likeness (QED) is 0.761. The van der Waals surface area contributed by atoms with Gasteiger partial charge in [-0.3, -0.25) is 0 Å². The number of nitrogens with zero attached hydrogens (tertiary/aromatic N) is 1. The molecule has 0 bridgehead atoms. The molecule has 0 aliphatic heterocycles. The SMILES string of the molecule is CSCCC(C)N(C)C(=O)NC1CC1. The van der Waals surface area contributed by atoms with E-state index in [0.717, 1.165) is 25.0 Å². The van der Waals surface area contributed by atoms with Crippen LogP contribution in [0.4, 0.5) is 4.79 Å². The second-order valence-electron chi connectivity index (χ2n) is 3.97. The van der Waals surface area contributed by atoms with Crippen molar-refractivity contribution in [2.75, 3.05) is 19.1 Å². The molecule has 3 nitrogen and oxygen atoms in total. The van der Waals surface area contributed by atoms with Crippen molar-refractivity contribution >= 4 is 17.8 Å². The zero-order valence-electron chi connectivity index (χ0n) is 9.25. The predicted octanol–water partition coefficient (Wildman–Crippen LogP) is 1.93. The summed E-state index contributed by atoms with van der Waals surface area (Å²) in [5.74, 6) is 1.11. The van der Waals surface area contributed by atoms with E-state index in [-0.39, 0.29) is 6.03 Å². The van der Waals surface area contributed by atoms with Gasteiger partial charge >= 0.3 is 6.03 Å². The Labute approximate surface area is 90.6 Å². The molecule has 1 atom stereocenters. The number of hydrogen-bond acceptors (Lipinski definition) is 2. The lowest BCUT2D eigenvalue weighted by Gasteiger charge is -2.25. The van der Waals surface area contributed by atoms with Gasteiger partial charge in [0.25, 0.3) is 0 Å². The fraction of sp³-hybridized carbons (Fsp3) is 0.900. The Kier molecular flexibility index (Phi) is 4.58. The minimum atomic E-state index is 0.0844. The summed E-state index contributed by atoms with van der Waals surface area (Å²) in [6.45, 7) is 2.10. The van der Waals surface area contributed by atoms with Gasteiger partial charge in [-0.25, -0.2) is 4.79 Å². The van der Waals surface area contributed by atoms with Crippen LogP contribution in [0.5, 0.6) is 0 Å². The molecule has 14 heavy (non-hydrogen) atoms. The van der Waals surface area contributed by atoms with Crippen LogP contribution in [0.1, 0.15) is 26.2 Å². The highest BCUT2D eigenvalue weighted by Gasteiger charge is 2.25. The van der Waals surface area contributed by atoms with Crippen molar-refractivity contribution < 1.29 is 4.79 Å². The number of hydrogen-bond donors (Lipinski definition) is 1. The Hall–Kier alpha value is -0.380. The summed E-state index contributed by atoms with van der Waals surface area (Å²) >= 11 is 1.83. The second kappa shape index (κ2) is 5.49. The average Bonchev–Trinajstić information content (AvgIpc) is 2.96. The topological polar surface area (TPSA) is 32.3 Å². The molecule has 0 aromatic heterocycles. The summed E-state index contributed by atoms with van der Waals surface area (Å²) in [4.78, 5) is 13.4. The molecule has 82 valence electrons. The number of nitrogens with one attached hydrogen (secondary N) is 1. The van der Waals surface area contributed by atoms with Crippen molar-refractivity contribution in [1.29, 1.82) is 0 Å². The minimum absolute atomic E-state index is 0.0844. The Morgan fingerprint density at radius 2 is 2.29 bits per heavy atom. The van der Waals surface area contributed by atoms with Crippen LogP contribution in [-0.4, -0.2) is 42.1 Å². The Balaban J connectivity index is 2.22. The molecule has 1 rings (SSSR count). The third-order valence-electron chi connectivity index (χ3n) is 2.63. The van der Waals surface area contributed by atoms with Crippen molar-refractivity contribution in [3.8, 4) is 0 Å². The Morgan fingerprint density at radius 3 is 2.79 bits per heavy atom. The van der Waals surface area contributed by atoms with Gasteiger partial charge in [0.05, 0.1) is 0 Å². The number of rotatable bonds is 5. The first-order chi connectivity index (χ1) is 6.65. The van der Waals surface area contributed by atoms with Crippen LogP contribution in [0.2, 0.25) is 0 Å². The summed E-state index contributed by atoms with van der Waals surface area (Å²) in [7, 11) is 1.88. The summed E-state index contributed by atoms with van der Waals surface area (Å²) in [6.07, 6.45) is 5.46. The van der Waals surface area contributed by atoms with Crippen molar-refractivity contribution in [3.05, 3.63) is 0 Å². The first kappa shape index (κ1) is 11.7. The summed E-state index contributed by atoms with van der Waals surface area (Å²) < 4.78 is 0. The Bertz CT molecular complexity index is 195. The molecular formula is C10H20N2OS. The van der Waals surface area contributed by atoms with Crippen LogP contribution >= 0.6 is 11.8 Å². The third kappa shape index (κ3) is 3.78. The van der Waals surface area contributed by atoms with Crippen molar-refractivity contribution in [2.45, 2.75) is 38.3 Å². The van der Waals surface area contributed by atoms with E-state index in [1.54, 1.807) is 0 Å². The lowest BCUT2D eigenvalue weighted by atomic mass is 10.2. The van der Waals surface area contributed by atoms with E-state index in [4.69, 9.17) is 0 Å². The van der Waals surface area contributed by atoms with Crippen LogP contribution in [0.15, 0.2) is 0 Å². The maximum atomic E-state index is 11.6. The molecule has 4 heteroatoms. The lowest BCUT2D eigenvalue weighted by molar-refractivity contribution is 0.192. The van der Waals surface area contributed by atoms with E-state index >= 15 is 0 Å². The van der Waals surface area contributed by atoms with Gasteiger partial charge in [-0.05, 0) is 38.2 Å². The maximum absolute atomic E-state index is 11.6. The number of urea groups is 1. The number of amides is 2. The van der Waals surface area contributed by atoms with E-state index in [0.29, 0.717) is 12.1 Å². The molecule has 0 radical (unpaired) electrons. The molecule has 1 aliphatic rings. The average molecular weight is 216 g/mol. The van der Waals surface area contributed by atoms with Gasteiger partial charge in [0, 0.05) is 19.1 Å². The zero-order chi connectivity index (χ0) is 10.6. The second-order valence-corrected chi connectivity index (χ2v) is 4.95. The zero-order valence-corrected chi connectivity index (χ0v) is 10.1. The highest BCUT2D eigenvalue weighted by atomic mass is 32.2. The van der Waals surface area contributed by atoms with Gasteiger partial charge < -0.3 is 10.2 Å². The normalized spacial score (nSPS) is 17.6. The number of carbonyl (C=O) groups is 1. The van der Waals surface area contributed by atoms with E-state index in [9.17, 15) is 4.79 Å².